The van der Waals surface area contributed by atoms with E-state index in [1.807, 2.05) is 6.26 Å². The zero-order valence-corrected chi connectivity index (χ0v) is 9.10. The second kappa shape index (κ2) is 5.60. The summed E-state index contributed by atoms with van der Waals surface area (Å²) in [7, 11) is 0. The summed E-state index contributed by atoms with van der Waals surface area (Å²) in [6, 6.07) is 3.84. The average Bonchev–Trinajstić information content (AvgIpc) is 2.20. The molecule has 1 aromatic carbocycles. The minimum absolute atomic E-state index is 0.0390. The maximum absolute atomic E-state index is 13.3. The number of carboxylic acid groups (broad SMARTS) is 1. The van der Waals surface area contributed by atoms with Gasteiger partial charge in [0.25, 0.3) is 0 Å². The Balaban J connectivity index is 2.70. The van der Waals surface area contributed by atoms with Crippen LogP contribution in [0.15, 0.2) is 18.2 Å². The highest BCUT2D eigenvalue weighted by atomic mass is 32.2. The smallest absolute Gasteiger partial charge is 0.335 e. The lowest BCUT2D eigenvalue weighted by atomic mass is 10.2. The van der Waals surface area contributed by atoms with E-state index in [1.54, 1.807) is 11.8 Å². The summed E-state index contributed by atoms with van der Waals surface area (Å²) < 4.78 is 13.3. The molecule has 0 fully saturated rings. The van der Waals surface area contributed by atoms with Crippen LogP contribution in [0, 0.1) is 5.82 Å². The van der Waals surface area contributed by atoms with E-state index in [0.717, 1.165) is 11.8 Å². The molecular weight excluding hydrogens is 217 g/mol. The topological polar surface area (TPSA) is 49.3 Å². The molecule has 3 nitrogen and oxygen atoms in total. The Kier molecular flexibility index (Phi) is 4.42. The van der Waals surface area contributed by atoms with Crippen LogP contribution in [0.2, 0.25) is 0 Å². The molecule has 0 saturated heterocycles. The van der Waals surface area contributed by atoms with E-state index in [0.29, 0.717) is 12.2 Å². The van der Waals surface area contributed by atoms with Crippen LogP contribution in [-0.4, -0.2) is 29.6 Å². The normalized spacial score (nSPS) is 10.0. The van der Waals surface area contributed by atoms with Crippen molar-refractivity contribution < 1.29 is 14.3 Å². The van der Waals surface area contributed by atoms with Crippen LogP contribution in [0.4, 0.5) is 10.1 Å². The summed E-state index contributed by atoms with van der Waals surface area (Å²) in [5, 5.41) is 11.5. The van der Waals surface area contributed by atoms with Crippen LogP contribution in [0.5, 0.6) is 0 Å². The van der Waals surface area contributed by atoms with Gasteiger partial charge in [0.05, 0.1) is 11.3 Å². The summed E-state index contributed by atoms with van der Waals surface area (Å²) in [6.07, 6.45) is 1.96. The lowest BCUT2D eigenvalue weighted by Crippen LogP contribution is -2.06. The van der Waals surface area contributed by atoms with Crippen LogP contribution in [-0.2, 0) is 0 Å². The lowest BCUT2D eigenvalue weighted by Gasteiger charge is -2.06. The van der Waals surface area contributed by atoms with Crippen molar-refractivity contribution in [1.82, 2.24) is 0 Å². The highest BCUT2D eigenvalue weighted by Gasteiger charge is 2.07. The number of anilines is 1. The van der Waals surface area contributed by atoms with Crippen molar-refractivity contribution in [2.75, 3.05) is 23.9 Å². The summed E-state index contributed by atoms with van der Waals surface area (Å²) in [6.45, 7) is 0.657. The number of hydrogen-bond acceptors (Lipinski definition) is 3. The van der Waals surface area contributed by atoms with Gasteiger partial charge in [-0.25, -0.2) is 9.18 Å². The molecule has 0 aromatic heterocycles. The number of nitrogens with one attached hydrogen (secondary N) is 1. The van der Waals surface area contributed by atoms with E-state index in [1.165, 1.54) is 12.1 Å². The van der Waals surface area contributed by atoms with Gasteiger partial charge in [0, 0.05) is 12.3 Å². The zero-order valence-electron chi connectivity index (χ0n) is 8.29. The number of thioether (sulfide) groups is 1. The van der Waals surface area contributed by atoms with Crippen LogP contribution in [0.3, 0.4) is 0 Å². The molecule has 0 spiro atoms. The van der Waals surface area contributed by atoms with Crippen LogP contribution >= 0.6 is 11.8 Å². The molecule has 0 aliphatic heterocycles. The fourth-order valence-electron chi connectivity index (χ4n) is 1.08. The van der Waals surface area contributed by atoms with E-state index in [2.05, 4.69) is 5.32 Å². The summed E-state index contributed by atoms with van der Waals surface area (Å²) in [5.74, 6) is -0.777. The zero-order chi connectivity index (χ0) is 11.3. The Morgan fingerprint density at radius 1 is 1.60 bits per heavy atom. The second-order valence-electron chi connectivity index (χ2n) is 2.92. The largest absolute Gasteiger partial charge is 0.478 e. The Hall–Kier alpha value is -1.23. The minimum atomic E-state index is -1.12. The average molecular weight is 229 g/mol. The molecule has 0 bridgehead atoms. The highest BCUT2D eigenvalue weighted by molar-refractivity contribution is 7.98. The molecule has 0 radical (unpaired) electrons. The summed E-state index contributed by atoms with van der Waals surface area (Å²) >= 11 is 1.66. The van der Waals surface area contributed by atoms with E-state index in [4.69, 9.17) is 5.11 Å². The monoisotopic (exact) mass is 229 g/mol. The van der Waals surface area contributed by atoms with Gasteiger partial charge in [0.1, 0.15) is 5.82 Å². The van der Waals surface area contributed by atoms with Gasteiger partial charge in [-0.3, -0.25) is 0 Å². The molecular formula is C10H12FNO2S. The Morgan fingerprint density at radius 3 is 2.87 bits per heavy atom. The first-order valence-electron chi connectivity index (χ1n) is 4.41. The first-order valence-corrected chi connectivity index (χ1v) is 5.80. The van der Waals surface area contributed by atoms with Crippen LogP contribution in [0.1, 0.15) is 10.4 Å². The minimum Gasteiger partial charge on any atom is -0.478 e. The molecule has 1 rings (SSSR count). The Morgan fingerprint density at radius 2 is 2.33 bits per heavy atom. The predicted octanol–water partition coefficient (Wildman–Crippen LogP) is 2.30. The molecule has 0 heterocycles. The predicted molar refractivity (Wildman–Crippen MR) is 60.2 cm³/mol. The van der Waals surface area contributed by atoms with Crippen molar-refractivity contribution in [2.45, 2.75) is 0 Å². The van der Waals surface area contributed by atoms with Crippen LogP contribution < -0.4 is 5.32 Å². The van der Waals surface area contributed by atoms with Gasteiger partial charge in [-0.2, -0.15) is 11.8 Å². The quantitative estimate of drug-likeness (QED) is 0.761. The molecule has 1 aromatic rings. The van der Waals surface area contributed by atoms with Gasteiger partial charge in [0.15, 0.2) is 0 Å². The number of hydrogen-bond donors (Lipinski definition) is 2. The number of carbonyl (C=O) groups is 1. The molecule has 15 heavy (non-hydrogen) atoms. The molecule has 82 valence electrons. The highest BCUT2D eigenvalue weighted by Crippen LogP contribution is 2.15. The summed E-state index contributed by atoms with van der Waals surface area (Å²) in [4.78, 5) is 10.5. The van der Waals surface area contributed by atoms with E-state index in [-0.39, 0.29) is 5.56 Å². The number of rotatable bonds is 5. The Labute approximate surface area is 91.7 Å². The first kappa shape index (κ1) is 11.8. The van der Waals surface area contributed by atoms with Gasteiger partial charge < -0.3 is 10.4 Å². The molecule has 2 N–H and O–H groups in total. The third kappa shape index (κ3) is 3.43. The van der Waals surface area contributed by atoms with Crippen molar-refractivity contribution in [3.8, 4) is 0 Å². The molecule has 0 saturated carbocycles. The number of halogens is 1. The SMILES string of the molecule is CSCCNc1ccc(C(=O)O)cc1F. The fourth-order valence-corrected chi connectivity index (χ4v) is 1.39. The number of aromatic carboxylic acids is 1. The molecule has 0 aliphatic rings. The van der Waals surface area contributed by atoms with E-state index < -0.39 is 11.8 Å². The van der Waals surface area contributed by atoms with Crippen molar-refractivity contribution in [3.05, 3.63) is 29.6 Å². The maximum Gasteiger partial charge on any atom is 0.335 e. The summed E-state index contributed by atoms with van der Waals surface area (Å²) in [5.41, 5.74) is 0.303. The van der Waals surface area contributed by atoms with Gasteiger partial charge in [-0.1, -0.05) is 0 Å². The van der Waals surface area contributed by atoms with Gasteiger partial charge in [0.2, 0.25) is 0 Å². The van der Waals surface area contributed by atoms with Crippen molar-refractivity contribution in [3.63, 3.8) is 0 Å². The van der Waals surface area contributed by atoms with Crippen LogP contribution in [0.25, 0.3) is 0 Å². The molecule has 5 heteroatoms. The molecule has 0 amide bonds. The Bertz CT molecular complexity index is 357. The van der Waals surface area contributed by atoms with Crippen molar-refractivity contribution in [2.24, 2.45) is 0 Å². The third-order valence-electron chi connectivity index (χ3n) is 1.84. The van der Waals surface area contributed by atoms with Gasteiger partial charge in [-0.15, -0.1) is 0 Å². The first-order chi connectivity index (χ1) is 7.15. The van der Waals surface area contributed by atoms with Gasteiger partial charge in [-0.05, 0) is 24.5 Å². The van der Waals surface area contributed by atoms with Crippen molar-refractivity contribution in [1.29, 1.82) is 0 Å². The van der Waals surface area contributed by atoms with E-state index >= 15 is 0 Å². The van der Waals surface area contributed by atoms with E-state index in [9.17, 15) is 9.18 Å². The lowest BCUT2D eigenvalue weighted by molar-refractivity contribution is 0.0696. The van der Waals surface area contributed by atoms with Gasteiger partial charge >= 0.3 is 5.97 Å². The molecule has 0 aliphatic carbocycles. The third-order valence-corrected chi connectivity index (χ3v) is 2.45. The number of benzene rings is 1. The second-order valence-corrected chi connectivity index (χ2v) is 3.90. The van der Waals surface area contributed by atoms with Crippen molar-refractivity contribution >= 4 is 23.4 Å². The number of carboxylic acids is 1. The molecule has 0 atom stereocenters. The maximum atomic E-state index is 13.3. The molecule has 0 unspecified atom stereocenters. The fraction of sp³-hybridized carbons (Fsp3) is 0.300. The standard InChI is InChI=1S/C10H12FNO2S/c1-15-5-4-12-9-3-2-7(10(13)14)6-8(9)11/h2-3,6,12H,4-5H2,1H3,(H,13,14).